The summed E-state index contributed by atoms with van der Waals surface area (Å²) in [6, 6.07) is 7.22. The van der Waals surface area contributed by atoms with Crippen LogP contribution < -0.4 is 0 Å². The van der Waals surface area contributed by atoms with Gasteiger partial charge in [0.05, 0.1) is 6.04 Å². The Morgan fingerprint density at radius 1 is 1.12 bits per heavy atom. The smallest absolute Gasteiger partial charge is 0.145 e. The van der Waals surface area contributed by atoms with Gasteiger partial charge in [-0.15, -0.1) is 0 Å². The number of rotatable bonds is 3. The Hall–Kier alpha value is -1.78. The third-order valence-electron chi connectivity index (χ3n) is 6.01. The molecule has 0 N–H and O–H groups in total. The third kappa shape index (κ3) is 3.67. The first-order valence-corrected chi connectivity index (χ1v) is 9.93. The van der Waals surface area contributed by atoms with Crippen LogP contribution in [0.5, 0.6) is 0 Å². The second-order valence-corrected chi connectivity index (χ2v) is 8.09. The molecule has 2 aromatic rings. The van der Waals surface area contributed by atoms with Crippen LogP contribution in [-0.4, -0.2) is 39.9 Å². The number of likely N-dealkylation sites (N-methyl/N-ethyl adjacent to an activating group) is 1. The minimum absolute atomic E-state index is 0.357. The van der Waals surface area contributed by atoms with E-state index in [1.165, 1.54) is 47.2 Å². The van der Waals surface area contributed by atoms with E-state index >= 15 is 0 Å². The van der Waals surface area contributed by atoms with Crippen molar-refractivity contribution in [1.29, 1.82) is 0 Å². The zero-order valence-electron chi connectivity index (χ0n) is 16.3. The first kappa shape index (κ1) is 17.6. The summed E-state index contributed by atoms with van der Waals surface area (Å²) >= 11 is 0. The van der Waals surface area contributed by atoms with Crippen molar-refractivity contribution in [2.75, 3.05) is 20.1 Å². The molecular formula is C22H30N4. The minimum Gasteiger partial charge on any atom is -0.302 e. The van der Waals surface area contributed by atoms with Gasteiger partial charge in [-0.3, -0.25) is 4.90 Å². The maximum atomic E-state index is 5.02. The Bertz CT molecular complexity index is 786. The summed E-state index contributed by atoms with van der Waals surface area (Å²) < 4.78 is 0. The number of hydrogen-bond acceptors (Lipinski definition) is 4. The molecule has 0 aliphatic carbocycles. The monoisotopic (exact) mass is 350 g/mol. The Balaban J connectivity index is 1.56. The highest BCUT2D eigenvalue weighted by atomic mass is 15.2. The van der Waals surface area contributed by atoms with E-state index in [0.29, 0.717) is 6.04 Å². The average molecular weight is 351 g/mol. The molecule has 0 radical (unpaired) electrons. The van der Waals surface area contributed by atoms with Crippen molar-refractivity contribution in [2.45, 2.75) is 58.7 Å². The van der Waals surface area contributed by atoms with Gasteiger partial charge in [-0.1, -0.05) is 24.6 Å². The van der Waals surface area contributed by atoms with Crippen molar-refractivity contribution in [3.63, 3.8) is 0 Å². The van der Waals surface area contributed by atoms with Crippen LogP contribution in [-0.2, 0) is 19.5 Å². The van der Waals surface area contributed by atoms with E-state index in [1.807, 2.05) is 0 Å². The lowest BCUT2D eigenvalue weighted by Gasteiger charge is -2.35. The van der Waals surface area contributed by atoms with Crippen LogP contribution in [0.3, 0.4) is 0 Å². The van der Waals surface area contributed by atoms with Crippen molar-refractivity contribution in [3.05, 3.63) is 58.2 Å². The van der Waals surface area contributed by atoms with Gasteiger partial charge in [0.25, 0.3) is 0 Å². The highest BCUT2D eigenvalue weighted by molar-refractivity contribution is 5.30. The van der Waals surface area contributed by atoms with Crippen LogP contribution in [0, 0.1) is 13.8 Å². The molecule has 0 spiro atoms. The lowest BCUT2D eigenvalue weighted by molar-refractivity contribution is 0.133. The number of benzene rings is 1. The fraction of sp³-hybridized carbons (Fsp3) is 0.545. The largest absolute Gasteiger partial charge is 0.302 e. The summed E-state index contributed by atoms with van der Waals surface area (Å²) in [5, 5.41) is 0. The van der Waals surface area contributed by atoms with E-state index in [-0.39, 0.29) is 0 Å². The van der Waals surface area contributed by atoms with Crippen molar-refractivity contribution in [1.82, 2.24) is 19.8 Å². The number of piperidine rings is 1. The Kier molecular flexibility index (Phi) is 5.05. The molecule has 0 bridgehead atoms. The van der Waals surface area contributed by atoms with Gasteiger partial charge >= 0.3 is 0 Å². The average Bonchev–Trinajstić information content (AvgIpc) is 2.65. The van der Waals surface area contributed by atoms with E-state index in [0.717, 1.165) is 38.4 Å². The van der Waals surface area contributed by atoms with E-state index in [2.05, 4.69) is 55.1 Å². The van der Waals surface area contributed by atoms with Crippen LogP contribution in [0.4, 0.5) is 0 Å². The van der Waals surface area contributed by atoms with Gasteiger partial charge in [-0.05, 0) is 57.0 Å². The molecule has 1 aromatic carbocycles. The van der Waals surface area contributed by atoms with Crippen LogP contribution in [0.15, 0.2) is 24.4 Å². The van der Waals surface area contributed by atoms with Gasteiger partial charge in [0.2, 0.25) is 0 Å². The van der Waals surface area contributed by atoms with Crippen LogP contribution >= 0.6 is 0 Å². The normalized spacial score (nSPS) is 21.6. The fourth-order valence-electron chi connectivity index (χ4n) is 4.24. The molecule has 2 aliphatic heterocycles. The molecule has 3 heterocycles. The first-order chi connectivity index (χ1) is 12.6. The number of aryl methyl sites for hydroxylation is 2. The maximum absolute atomic E-state index is 5.02. The predicted molar refractivity (Wildman–Crippen MR) is 105 cm³/mol. The van der Waals surface area contributed by atoms with E-state index < -0.39 is 0 Å². The number of fused-ring (bicyclic) bond motifs is 1. The second-order valence-electron chi connectivity index (χ2n) is 8.09. The Morgan fingerprint density at radius 3 is 2.85 bits per heavy atom. The van der Waals surface area contributed by atoms with E-state index in [4.69, 9.17) is 9.97 Å². The summed E-state index contributed by atoms with van der Waals surface area (Å²) in [5.74, 6) is 1.04. The highest BCUT2D eigenvalue weighted by Gasteiger charge is 2.27. The zero-order chi connectivity index (χ0) is 18.1. The maximum Gasteiger partial charge on any atom is 0.145 e. The SMILES string of the molecule is Cc1ccc(CN2CCCC[C@@H]2c2ncc3c(n2)CCN(C)C3)cc1C. The lowest BCUT2D eigenvalue weighted by atomic mass is 9.98. The van der Waals surface area contributed by atoms with Gasteiger partial charge in [-0.25, -0.2) is 9.97 Å². The van der Waals surface area contributed by atoms with Crippen molar-refractivity contribution in [3.8, 4) is 0 Å². The molecule has 1 atom stereocenters. The Morgan fingerprint density at radius 2 is 2.00 bits per heavy atom. The van der Waals surface area contributed by atoms with Crippen LogP contribution in [0.1, 0.15) is 59.1 Å². The molecule has 4 heteroatoms. The van der Waals surface area contributed by atoms with E-state index in [1.54, 1.807) is 0 Å². The number of likely N-dealkylation sites (tertiary alicyclic amines) is 1. The Labute approximate surface area is 157 Å². The molecule has 1 fully saturated rings. The van der Waals surface area contributed by atoms with Crippen LogP contribution in [0.2, 0.25) is 0 Å². The summed E-state index contributed by atoms with van der Waals surface area (Å²) in [7, 11) is 2.17. The lowest BCUT2D eigenvalue weighted by Crippen LogP contribution is -2.35. The van der Waals surface area contributed by atoms with Gasteiger partial charge in [0.15, 0.2) is 0 Å². The number of hydrogen-bond donors (Lipinski definition) is 0. The molecule has 2 aliphatic rings. The topological polar surface area (TPSA) is 32.3 Å². The molecule has 1 aromatic heterocycles. The third-order valence-corrected chi connectivity index (χ3v) is 6.01. The van der Waals surface area contributed by atoms with Gasteiger partial charge < -0.3 is 4.90 Å². The zero-order valence-corrected chi connectivity index (χ0v) is 16.3. The van der Waals surface area contributed by atoms with Gasteiger partial charge in [-0.2, -0.15) is 0 Å². The fourth-order valence-corrected chi connectivity index (χ4v) is 4.24. The number of aromatic nitrogens is 2. The standard InChI is InChI=1S/C22H30N4/c1-16-7-8-18(12-17(16)2)14-26-10-5-4-6-21(26)22-23-13-19-15-25(3)11-9-20(19)24-22/h7-8,12-13,21H,4-6,9-11,14-15H2,1-3H3/t21-/m1/s1. The minimum atomic E-state index is 0.357. The summed E-state index contributed by atoms with van der Waals surface area (Å²) in [4.78, 5) is 14.7. The number of nitrogens with zero attached hydrogens (tertiary/aromatic N) is 4. The van der Waals surface area contributed by atoms with Gasteiger partial charge in [0, 0.05) is 43.5 Å². The highest BCUT2D eigenvalue weighted by Crippen LogP contribution is 2.31. The molecular weight excluding hydrogens is 320 g/mol. The molecule has 0 unspecified atom stereocenters. The first-order valence-electron chi connectivity index (χ1n) is 9.93. The molecule has 1 saturated heterocycles. The second kappa shape index (κ2) is 7.45. The summed E-state index contributed by atoms with van der Waals surface area (Å²) in [5.41, 5.74) is 6.72. The predicted octanol–water partition coefficient (Wildman–Crippen LogP) is 3.81. The molecule has 0 amide bonds. The molecule has 4 nitrogen and oxygen atoms in total. The summed E-state index contributed by atoms with van der Waals surface area (Å²) in [6.07, 6.45) is 6.85. The summed E-state index contributed by atoms with van der Waals surface area (Å²) in [6.45, 7) is 8.60. The van der Waals surface area contributed by atoms with Crippen molar-refractivity contribution >= 4 is 0 Å². The quantitative estimate of drug-likeness (QED) is 0.843. The molecule has 26 heavy (non-hydrogen) atoms. The van der Waals surface area contributed by atoms with Crippen LogP contribution in [0.25, 0.3) is 0 Å². The van der Waals surface area contributed by atoms with Crippen molar-refractivity contribution in [2.24, 2.45) is 0 Å². The molecule has 138 valence electrons. The van der Waals surface area contributed by atoms with Crippen molar-refractivity contribution < 1.29 is 0 Å². The van der Waals surface area contributed by atoms with E-state index in [9.17, 15) is 0 Å². The molecule has 4 rings (SSSR count). The van der Waals surface area contributed by atoms with Gasteiger partial charge in [0.1, 0.15) is 5.82 Å². The molecule has 0 saturated carbocycles.